The van der Waals surface area contributed by atoms with E-state index in [4.69, 9.17) is 29.9 Å². The maximum Gasteiger partial charge on any atom is 0.166 e. The number of nitrogens with zero attached hydrogens (tertiary/aromatic N) is 7. The number of para-hydroxylation sites is 1. The maximum atomic E-state index is 5.34. The number of rotatable bonds is 8. The molecule has 8 heteroatoms. The van der Waals surface area contributed by atoms with Crippen LogP contribution in [0.1, 0.15) is 0 Å². The van der Waals surface area contributed by atoms with Gasteiger partial charge in [-0.1, -0.05) is 188 Å². The van der Waals surface area contributed by atoms with E-state index in [0.29, 0.717) is 34.9 Å². The topological polar surface area (TPSA) is 82.3 Å². The van der Waals surface area contributed by atoms with Crippen LogP contribution in [0.25, 0.3) is 127 Å². The molecule has 0 saturated heterocycles. The Morgan fingerprint density at radius 2 is 0.721 bits per heavy atom. The fraction of sp³-hybridized carbons (Fsp3) is 0. The number of fused-ring (bicyclic) bond motifs is 7. The number of hydrogen-bond donors (Lipinski definition) is 0. The van der Waals surface area contributed by atoms with Gasteiger partial charge in [0.1, 0.15) is 0 Å². The number of benzene rings is 9. The van der Waals surface area contributed by atoms with Crippen LogP contribution in [-0.2, 0) is 0 Å². The summed E-state index contributed by atoms with van der Waals surface area (Å²) in [6, 6.07) is 77.5. The molecular formula is C60H37N7S. The molecule has 13 aromatic rings. The van der Waals surface area contributed by atoms with Crippen LogP contribution in [0.4, 0.5) is 0 Å². The van der Waals surface area contributed by atoms with Crippen molar-refractivity contribution in [3.8, 4) is 85.1 Å². The third kappa shape index (κ3) is 6.90. The van der Waals surface area contributed by atoms with Gasteiger partial charge in [0.2, 0.25) is 0 Å². The van der Waals surface area contributed by atoms with Gasteiger partial charge in [0.15, 0.2) is 34.9 Å². The second-order valence-corrected chi connectivity index (χ2v) is 17.8. The van der Waals surface area contributed by atoms with E-state index < -0.39 is 0 Å². The van der Waals surface area contributed by atoms with Crippen molar-refractivity contribution in [1.29, 1.82) is 0 Å². The molecular weight excluding hydrogens is 851 g/mol. The molecule has 68 heavy (non-hydrogen) atoms. The van der Waals surface area contributed by atoms with E-state index in [-0.39, 0.29) is 0 Å². The van der Waals surface area contributed by atoms with Crippen molar-refractivity contribution in [2.45, 2.75) is 0 Å². The van der Waals surface area contributed by atoms with E-state index >= 15 is 0 Å². The number of thiophene rings is 1. The quantitative estimate of drug-likeness (QED) is 0.151. The largest absolute Gasteiger partial charge is 0.308 e. The van der Waals surface area contributed by atoms with Crippen LogP contribution < -0.4 is 0 Å². The molecule has 4 heterocycles. The Labute approximate surface area is 395 Å². The van der Waals surface area contributed by atoms with Crippen LogP contribution in [0.5, 0.6) is 0 Å². The molecule has 0 fully saturated rings. The first kappa shape index (κ1) is 39.4. The minimum Gasteiger partial charge on any atom is -0.308 e. The van der Waals surface area contributed by atoms with Crippen LogP contribution in [0.15, 0.2) is 224 Å². The Balaban J connectivity index is 1.10. The zero-order valence-electron chi connectivity index (χ0n) is 36.4. The van der Waals surface area contributed by atoms with E-state index in [1.807, 2.05) is 108 Å². The SMILES string of the molecule is c1ccc(-c2ccc(-c3nc(-c4ccccc4)nc(-c4ccc(-n5c6ccccc6c6ccc7sc8ccccc8c7c65)c(-c5nc(-c6ccccc6)nc(-c6ccccc6)n5)c4)n3)cc2)cc1. The van der Waals surface area contributed by atoms with E-state index in [2.05, 4.69) is 132 Å². The van der Waals surface area contributed by atoms with Crippen molar-refractivity contribution in [2.24, 2.45) is 0 Å². The first-order chi connectivity index (χ1) is 33.7. The Morgan fingerprint density at radius 1 is 0.294 bits per heavy atom. The minimum atomic E-state index is 0.525. The molecule has 0 aliphatic heterocycles. The van der Waals surface area contributed by atoms with Gasteiger partial charge in [0.25, 0.3) is 0 Å². The third-order valence-electron chi connectivity index (χ3n) is 12.5. The third-order valence-corrected chi connectivity index (χ3v) is 13.7. The van der Waals surface area contributed by atoms with Gasteiger partial charge < -0.3 is 4.57 Å². The summed E-state index contributed by atoms with van der Waals surface area (Å²) in [6.45, 7) is 0. The first-order valence-electron chi connectivity index (χ1n) is 22.5. The molecule has 0 aliphatic carbocycles. The summed E-state index contributed by atoms with van der Waals surface area (Å²) < 4.78 is 4.87. The van der Waals surface area contributed by atoms with Gasteiger partial charge in [-0.2, -0.15) is 0 Å². The van der Waals surface area contributed by atoms with E-state index in [1.165, 1.54) is 25.6 Å². The lowest BCUT2D eigenvalue weighted by atomic mass is 10.0. The van der Waals surface area contributed by atoms with Gasteiger partial charge in [-0.25, -0.2) is 29.9 Å². The van der Waals surface area contributed by atoms with E-state index in [9.17, 15) is 0 Å². The zero-order valence-corrected chi connectivity index (χ0v) is 37.2. The molecule has 0 bridgehead atoms. The molecule has 0 N–H and O–H groups in total. The average Bonchev–Trinajstić information content (AvgIpc) is 3.97. The second kappa shape index (κ2) is 16.5. The van der Waals surface area contributed by atoms with Crippen LogP contribution in [-0.4, -0.2) is 34.5 Å². The summed E-state index contributed by atoms with van der Waals surface area (Å²) in [6.07, 6.45) is 0. The van der Waals surface area contributed by atoms with Gasteiger partial charge in [0, 0.05) is 64.3 Å². The molecule has 0 aliphatic rings. The van der Waals surface area contributed by atoms with Crippen molar-refractivity contribution in [3.05, 3.63) is 224 Å². The van der Waals surface area contributed by atoms with E-state index in [1.54, 1.807) is 0 Å². The summed E-state index contributed by atoms with van der Waals surface area (Å²) in [5.74, 6) is 3.36. The van der Waals surface area contributed by atoms with Gasteiger partial charge >= 0.3 is 0 Å². The highest BCUT2D eigenvalue weighted by atomic mass is 32.1. The fourth-order valence-electron chi connectivity index (χ4n) is 9.29. The van der Waals surface area contributed by atoms with Crippen molar-refractivity contribution < 1.29 is 0 Å². The smallest absolute Gasteiger partial charge is 0.166 e. The Kier molecular flexibility index (Phi) is 9.54. The van der Waals surface area contributed by atoms with Crippen LogP contribution in [0, 0.1) is 0 Å². The predicted molar refractivity (Wildman–Crippen MR) is 278 cm³/mol. The Hall–Kier alpha value is -8.98. The van der Waals surface area contributed by atoms with Gasteiger partial charge in [-0.05, 0) is 47.5 Å². The summed E-state index contributed by atoms with van der Waals surface area (Å²) in [5, 5.41) is 4.77. The normalized spacial score (nSPS) is 11.5. The molecule has 0 spiro atoms. The molecule has 0 radical (unpaired) electrons. The monoisotopic (exact) mass is 887 g/mol. The molecule has 0 unspecified atom stereocenters. The average molecular weight is 888 g/mol. The Bertz CT molecular complexity index is 3940. The van der Waals surface area contributed by atoms with E-state index in [0.717, 1.165) is 66.6 Å². The molecule has 0 saturated carbocycles. The lowest BCUT2D eigenvalue weighted by Crippen LogP contribution is -2.05. The van der Waals surface area contributed by atoms with Crippen LogP contribution >= 0.6 is 11.3 Å². The Morgan fingerprint density at radius 3 is 1.31 bits per heavy atom. The van der Waals surface area contributed by atoms with Crippen molar-refractivity contribution in [3.63, 3.8) is 0 Å². The number of hydrogen-bond acceptors (Lipinski definition) is 7. The molecule has 13 rings (SSSR count). The maximum absolute atomic E-state index is 5.34. The molecule has 4 aromatic heterocycles. The van der Waals surface area contributed by atoms with Crippen molar-refractivity contribution in [2.75, 3.05) is 0 Å². The lowest BCUT2D eigenvalue weighted by molar-refractivity contribution is 1.06. The lowest BCUT2D eigenvalue weighted by Gasteiger charge is -2.17. The van der Waals surface area contributed by atoms with Gasteiger partial charge in [-0.15, -0.1) is 11.3 Å². The van der Waals surface area contributed by atoms with Gasteiger partial charge in [0.05, 0.1) is 16.7 Å². The molecule has 7 nitrogen and oxygen atoms in total. The highest BCUT2D eigenvalue weighted by Gasteiger charge is 2.24. The molecule has 9 aromatic carbocycles. The van der Waals surface area contributed by atoms with Crippen molar-refractivity contribution in [1.82, 2.24) is 34.5 Å². The summed E-state index contributed by atoms with van der Waals surface area (Å²) in [5.41, 5.74) is 10.5. The molecule has 0 amide bonds. The number of aromatic nitrogens is 7. The zero-order chi connectivity index (χ0) is 45.0. The van der Waals surface area contributed by atoms with Crippen LogP contribution in [0.3, 0.4) is 0 Å². The summed E-state index contributed by atoms with van der Waals surface area (Å²) in [7, 11) is 0. The van der Waals surface area contributed by atoms with Gasteiger partial charge in [-0.3, -0.25) is 0 Å². The second-order valence-electron chi connectivity index (χ2n) is 16.7. The molecule has 318 valence electrons. The standard InChI is InChI=1S/C60H37N7S/c1-5-17-38(18-6-1)39-29-31-43(32-30-39)58-61-55(40-19-7-2-8-20-40)63-59(64-58)44-33-35-50(48(37-44)60-65-56(41-21-9-3-10-22-41)62-57(66-60)42-23-11-4-12-24-42)67-49-27-15-13-25-45(49)46-34-36-52-53(54(46)67)47-26-14-16-28-51(47)68-52/h1-37H. The first-order valence-corrected chi connectivity index (χ1v) is 23.3. The minimum absolute atomic E-state index is 0.525. The highest BCUT2D eigenvalue weighted by Crippen LogP contribution is 2.45. The summed E-state index contributed by atoms with van der Waals surface area (Å²) in [4.78, 5) is 31.3. The van der Waals surface area contributed by atoms with Crippen LogP contribution in [0.2, 0.25) is 0 Å². The fourth-order valence-corrected chi connectivity index (χ4v) is 10.4. The summed E-state index contributed by atoms with van der Waals surface area (Å²) >= 11 is 1.82. The predicted octanol–water partition coefficient (Wildman–Crippen LogP) is 15.2. The molecule has 0 atom stereocenters. The highest BCUT2D eigenvalue weighted by molar-refractivity contribution is 7.26. The van der Waals surface area contributed by atoms with Crippen molar-refractivity contribution >= 4 is 53.3 Å².